The lowest BCUT2D eigenvalue weighted by Crippen LogP contribution is -2.46. The van der Waals surface area contributed by atoms with E-state index < -0.39 is 9.84 Å². The molecule has 1 heterocycles. The van der Waals surface area contributed by atoms with Gasteiger partial charge < -0.3 is 15.4 Å². The molecule has 0 bridgehead atoms. The first-order valence-corrected chi connectivity index (χ1v) is 9.01. The summed E-state index contributed by atoms with van der Waals surface area (Å²) in [5.41, 5.74) is 0.460. The molecule has 1 saturated carbocycles. The summed E-state index contributed by atoms with van der Waals surface area (Å²) in [5.74, 6) is 0.584. The minimum atomic E-state index is -2.80. The number of rotatable bonds is 8. The number of hydrogen-bond donors (Lipinski definition) is 2. The number of ether oxygens (including phenoxy) is 1. The fourth-order valence-electron chi connectivity index (χ4n) is 2.69. The van der Waals surface area contributed by atoms with E-state index in [1.54, 1.807) is 7.11 Å². The molecule has 5 nitrogen and oxygen atoms in total. The monoisotopic (exact) mass is 290 g/mol. The second-order valence-corrected chi connectivity index (χ2v) is 8.20. The number of hydrogen-bond acceptors (Lipinski definition) is 5. The van der Waals surface area contributed by atoms with Gasteiger partial charge in [0.1, 0.15) is 0 Å². The Kier molecular flexibility index (Phi) is 5.22. The van der Waals surface area contributed by atoms with Crippen LogP contribution in [0.3, 0.4) is 0 Å². The van der Waals surface area contributed by atoms with E-state index in [0.29, 0.717) is 17.7 Å². The van der Waals surface area contributed by atoms with E-state index in [4.69, 9.17) is 4.74 Å². The molecule has 0 radical (unpaired) electrons. The average molecular weight is 290 g/mol. The molecule has 112 valence electrons. The molecule has 2 N–H and O–H groups in total. The van der Waals surface area contributed by atoms with Crippen molar-refractivity contribution in [2.24, 2.45) is 5.41 Å². The van der Waals surface area contributed by atoms with Gasteiger partial charge in [0.2, 0.25) is 0 Å². The van der Waals surface area contributed by atoms with E-state index in [-0.39, 0.29) is 11.8 Å². The summed E-state index contributed by atoms with van der Waals surface area (Å²) < 4.78 is 28.2. The molecule has 19 heavy (non-hydrogen) atoms. The highest BCUT2D eigenvalue weighted by molar-refractivity contribution is 7.91. The van der Waals surface area contributed by atoms with Crippen LogP contribution in [0.2, 0.25) is 0 Å². The Morgan fingerprint density at radius 1 is 1.42 bits per heavy atom. The van der Waals surface area contributed by atoms with Gasteiger partial charge in [-0.2, -0.15) is 0 Å². The summed E-state index contributed by atoms with van der Waals surface area (Å²) in [6.07, 6.45) is 4.60. The molecule has 1 aliphatic heterocycles. The van der Waals surface area contributed by atoms with E-state index in [1.807, 2.05) is 0 Å². The summed E-state index contributed by atoms with van der Waals surface area (Å²) in [6.45, 7) is 3.37. The molecule has 2 fully saturated rings. The molecular weight excluding hydrogens is 264 g/mol. The van der Waals surface area contributed by atoms with E-state index in [0.717, 1.165) is 32.5 Å². The summed E-state index contributed by atoms with van der Waals surface area (Å²) in [7, 11) is -1.06. The predicted octanol–water partition coefficient (Wildman–Crippen LogP) is 0.169. The molecule has 1 saturated heterocycles. The number of sulfone groups is 1. The minimum absolute atomic E-state index is 0.125. The molecule has 0 spiro atoms. The minimum Gasteiger partial charge on any atom is -0.385 e. The van der Waals surface area contributed by atoms with Crippen LogP contribution in [0.1, 0.15) is 25.7 Å². The van der Waals surface area contributed by atoms with Gasteiger partial charge in [0.25, 0.3) is 0 Å². The van der Waals surface area contributed by atoms with Gasteiger partial charge in [-0.3, -0.25) is 0 Å². The Labute approximate surface area is 116 Å². The van der Waals surface area contributed by atoms with Crippen LogP contribution >= 0.6 is 0 Å². The second kappa shape index (κ2) is 6.52. The molecule has 2 rings (SSSR count). The van der Waals surface area contributed by atoms with Crippen molar-refractivity contribution >= 4 is 9.84 Å². The van der Waals surface area contributed by atoms with Gasteiger partial charge in [-0.25, -0.2) is 8.42 Å². The average Bonchev–Trinajstić information content (AvgIpc) is 3.12. The van der Waals surface area contributed by atoms with Crippen LogP contribution in [0.15, 0.2) is 0 Å². The third-order valence-corrected chi connectivity index (χ3v) is 6.00. The Hall–Kier alpha value is -0.170. The summed E-state index contributed by atoms with van der Waals surface area (Å²) in [4.78, 5) is 0. The maximum Gasteiger partial charge on any atom is 0.153 e. The van der Waals surface area contributed by atoms with E-state index in [1.165, 1.54) is 12.8 Å². The predicted molar refractivity (Wildman–Crippen MR) is 76.1 cm³/mol. The van der Waals surface area contributed by atoms with Gasteiger partial charge in [-0.1, -0.05) is 0 Å². The fraction of sp³-hybridized carbons (Fsp3) is 1.00. The topological polar surface area (TPSA) is 67.4 Å². The summed E-state index contributed by atoms with van der Waals surface area (Å²) >= 11 is 0. The van der Waals surface area contributed by atoms with E-state index in [9.17, 15) is 8.42 Å². The maximum absolute atomic E-state index is 11.5. The first kappa shape index (κ1) is 15.2. The molecule has 2 aliphatic rings. The Morgan fingerprint density at radius 3 is 2.84 bits per heavy atom. The third-order valence-electron chi connectivity index (χ3n) is 4.26. The van der Waals surface area contributed by atoms with Crippen LogP contribution in [-0.4, -0.2) is 59.3 Å². The van der Waals surface area contributed by atoms with Gasteiger partial charge in [0.15, 0.2) is 9.84 Å². The molecule has 1 unspecified atom stereocenters. The lowest BCUT2D eigenvalue weighted by Gasteiger charge is -2.24. The van der Waals surface area contributed by atoms with Crippen molar-refractivity contribution in [3.05, 3.63) is 0 Å². The van der Waals surface area contributed by atoms with Crippen molar-refractivity contribution in [3.8, 4) is 0 Å². The Morgan fingerprint density at radius 2 is 2.21 bits per heavy atom. The highest BCUT2D eigenvalue weighted by Gasteiger charge is 2.41. The normalized spacial score (nSPS) is 28.2. The molecular formula is C13H26N2O3S. The van der Waals surface area contributed by atoms with Crippen molar-refractivity contribution in [1.82, 2.24) is 10.6 Å². The fourth-order valence-corrected chi connectivity index (χ4v) is 4.19. The van der Waals surface area contributed by atoms with Gasteiger partial charge >= 0.3 is 0 Å². The van der Waals surface area contributed by atoms with Crippen LogP contribution in [0.5, 0.6) is 0 Å². The molecule has 6 heteroatoms. The third kappa shape index (κ3) is 5.02. The molecule has 0 aromatic heterocycles. The second-order valence-electron chi connectivity index (χ2n) is 5.97. The molecule has 0 aromatic carbocycles. The molecule has 1 atom stereocenters. The Bertz CT molecular complexity index is 379. The standard InChI is InChI=1S/C13H26N2O3S/c1-18-8-5-13(3-4-13)11-14-6-2-12-10-19(16,17)9-7-15-12/h12,14-15H,2-11H2,1H3. The lowest BCUT2D eigenvalue weighted by atomic mass is 10.0. The SMILES string of the molecule is COCCC1(CNCCC2CS(=O)(=O)CCN2)CC1. The van der Waals surface area contributed by atoms with Crippen LogP contribution in [0.25, 0.3) is 0 Å². The van der Waals surface area contributed by atoms with Gasteiger partial charge in [-0.15, -0.1) is 0 Å². The largest absolute Gasteiger partial charge is 0.385 e. The first-order chi connectivity index (χ1) is 9.05. The van der Waals surface area contributed by atoms with Crippen molar-refractivity contribution in [1.29, 1.82) is 0 Å². The van der Waals surface area contributed by atoms with Crippen LogP contribution in [0, 0.1) is 5.41 Å². The highest BCUT2D eigenvalue weighted by Crippen LogP contribution is 2.48. The van der Waals surface area contributed by atoms with Crippen molar-refractivity contribution in [2.45, 2.75) is 31.7 Å². The van der Waals surface area contributed by atoms with Crippen molar-refractivity contribution in [3.63, 3.8) is 0 Å². The highest BCUT2D eigenvalue weighted by atomic mass is 32.2. The Balaban J connectivity index is 1.59. The zero-order valence-electron chi connectivity index (χ0n) is 11.8. The zero-order chi connectivity index (χ0) is 13.8. The lowest BCUT2D eigenvalue weighted by molar-refractivity contribution is 0.171. The molecule has 0 aromatic rings. The maximum atomic E-state index is 11.5. The quantitative estimate of drug-likeness (QED) is 0.624. The zero-order valence-corrected chi connectivity index (χ0v) is 12.6. The smallest absolute Gasteiger partial charge is 0.153 e. The van der Waals surface area contributed by atoms with Crippen LogP contribution in [-0.2, 0) is 14.6 Å². The number of nitrogens with one attached hydrogen (secondary N) is 2. The number of methoxy groups -OCH3 is 1. The summed E-state index contributed by atoms with van der Waals surface area (Å²) in [5, 5.41) is 6.76. The van der Waals surface area contributed by atoms with Crippen LogP contribution < -0.4 is 10.6 Å². The van der Waals surface area contributed by atoms with Crippen molar-refractivity contribution in [2.75, 3.05) is 44.9 Å². The first-order valence-electron chi connectivity index (χ1n) is 7.19. The molecule has 1 aliphatic carbocycles. The summed E-state index contributed by atoms with van der Waals surface area (Å²) in [6, 6.07) is 0.125. The van der Waals surface area contributed by atoms with E-state index in [2.05, 4.69) is 10.6 Å². The van der Waals surface area contributed by atoms with Gasteiger partial charge in [-0.05, 0) is 37.6 Å². The van der Waals surface area contributed by atoms with E-state index >= 15 is 0 Å². The molecule has 0 amide bonds. The van der Waals surface area contributed by atoms with Crippen LogP contribution in [0.4, 0.5) is 0 Å². The van der Waals surface area contributed by atoms with Gasteiger partial charge in [0, 0.05) is 32.8 Å². The van der Waals surface area contributed by atoms with Crippen molar-refractivity contribution < 1.29 is 13.2 Å². The van der Waals surface area contributed by atoms with Gasteiger partial charge in [0.05, 0.1) is 11.5 Å².